The topological polar surface area (TPSA) is 42.4 Å². The Balaban J connectivity index is 1.68. The Hall–Kier alpha value is -1.88. The molecule has 1 aromatic carbocycles. The number of rotatable bonds is 3. The normalized spacial score (nSPS) is 17.8. The van der Waals surface area contributed by atoms with Gasteiger partial charge < -0.3 is 9.64 Å². The van der Waals surface area contributed by atoms with Crippen LogP contribution in [0.4, 0.5) is 4.79 Å². The van der Waals surface area contributed by atoms with Crippen LogP contribution in [0.15, 0.2) is 53.3 Å². The molecule has 0 saturated carbocycles. The van der Waals surface area contributed by atoms with E-state index < -0.39 is 0 Å². The maximum absolute atomic E-state index is 12.5. The average Bonchev–Trinajstić information content (AvgIpc) is 2.61. The van der Waals surface area contributed by atoms with Crippen molar-refractivity contribution in [2.45, 2.75) is 31.9 Å². The van der Waals surface area contributed by atoms with Crippen molar-refractivity contribution >= 4 is 22.0 Å². The van der Waals surface area contributed by atoms with Gasteiger partial charge in [0.15, 0.2) is 0 Å². The van der Waals surface area contributed by atoms with Crippen LogP contribution in [0.2, 0.25) is 0 Å². The van der Waals surface area contributed by atoms with Gasteiger partial charge in [0.05, 0.1) is 6.04 Å². The van der Waals surface area contributed by atoms with E-state index >= 15 is 0 Å². The number of nitrogens with zero attached hydrogens (tertiary/aromatic N) is 2. The lowest BCUT2D eigenvalue weighted by molar-refractivity contribution is 0.0678. The van der Waals surface area contributed by atoms with Crippen molar-refractivity contribution < 1.29 is 9.53 Å². The quantitative estimate of drug-likeness (QED) is 0.730. The third kappa shape index (κ3) is 4.10. The number of piperidine rings is 1. The second-order valence-corrected chi connectivity index (χ2v) is 6.47. The van der Waals surface area contributed by atoms with E-state index in [-0.39, 0.29) is 12.1 Å². The number of hydrogen-bond acceptors (Lipinski definition) is 3. The largest absolute Gasteiger partial charge is 0.445 e. The number of benzene rings is 1. The first-order chi connectivity index (χ1) is 11.2. The van der Waals surface area contributed by atoms with Crippen molar-refractivity contribution in [1.29, 1.82) is 0 Å². The van der Waals surface area contributed by atoms with Crippen molar-refractivity contribution in [3.8, 4) is 0 Å². The lowest BCUT2D eigenvalue weighted by Gasteiger charge is -2.35. The number of hydrogen-bond donors (Lipinski definition) is 0. The number of aromatic nitrogens is 1. The van der Waals surface area contributed by atoms with Crippen LogP contribution in [0, 0.1) is 0 Å². The summed E-state index contributed by atoms with van der Waals surface area (Å²) in [5, 5.41) is 0. The second-order valence-electron chi connectivity index (χ2n) is 5.66. The highest BCUT2D eigenvalue weighted by molar-refractivity contribution is 9.10. The van der Waals surface area contributed by atoms with Crippen LogP contribution in [0.1, 0.15) is 36.4 Å². The summed E-state index contributed by atoms with van der Waals surface area (Å²) in [7, 11) is 0. The summed E-state index contributed by atoms with van der Waals surface area (Å²) in [5.74, 6) is 0. The van der Waals surface area contributed by atoms with Crippen molar-refractivity contribution in [1.82, 2.24) is 9.88 Å². The Bertz CT molecular complexity index is 646. The average molecular weight is 375 g/mol. The van der Waals surface area contributed by atoms with E-state index in [4.69, 9.17) is 4.74 Å². The number of halogens is 1. The van der Waals surface area contributed by atoms with Gasteiger partial charge in [0, 0.05) is 12.7 Å². The molecule has 2 aromatic rings. The number of carbonyl (C=O) groups excluding carboxylic acids is 1. The number of amides is 1. The molecule has 1 atom stereocenters. The zero-order valence-electron chi connectivity index (χ0n) is 12.8. The van der Waals surface area contributed by atoms with E-state index in [0.29, 0.717) is 6.61 Å². The van der Waals surface area contributed by atoms with E-state index in [1.54, 1.807) is 0 Å². The fourth-order valence-corrected chi connectivity index (χ4v) is 3.12. The lowest BCUT2D eigenvalue weighted by atomic mass is 9.97. The van der Waals surface area contributed by atoms with Crippen LogP contribution in [0.5, 0.6) is 0 Å². The predicted molar refractivity (Wildman–Crippen MR) is 91.9 cm³/mol. The molecule has 3 rings (SSSR count). The monoisotopic (exact) mass is 374 g/mol. The molecule has 0 unspecified atom stereocenters. The van der Waals surface area contributed by atoms with Gasteiger partial charge in [-0.1, -0.05) is 36.4 Å². The molecule has 1 aromatic heterocycles. The summed E-state index contributed by atoms with van der Waals surface area (Å²) in [6.45, 7) is 1.04. The third-order valence-corrected chi connectivity index (χ3v) is 4.55. The number of ether oxygens (including phenoxy) is 1. The summed E-state index contributed by atoms with van der Waals surface area (Å²) >= 11 is 3.35. The SMILES string of the molecule is O=C(OCc1ccccc1)N1CCCC[C@@H]1c1ccc(Br)nc1. The van der Waals surface area contributed by atoms with Crippen molar-refractivity contribution in [2.75, 3.05) is 6.54 Å². The van der Waals surface area contributed by atoms with Crippen LogP contribution >= 0.6 is 15.9 Å². The third-order valence-electron chi connectivity index (χ3n) is 4.08. The summed E-state index contributed by atoms with van der Waals surface area (Å²) in [6, 6.07) is 13.7. The standard InChI is InChI=1S/C18H19BrN2O2/c19-17-10-9-15(12-20-17)16-8-4-5-11-21(16)18(22)23-13-14-6-2-1-3-7-14/h1-3,6-7,9-10,12,16H,4-5,8,11,13H2/t16-/m1/s1. The smallest absolute Gasteiger partial charge is 0.410 e. The van der Waals surface area contributed by atoms with Crippen LogP contribution in [-0.4, -0.2) is 22.5 Å². The Morgan fingerprint density at radius 1 is 1.22 bits per heavy atom. The molecule has 2 heterocycles. The van der Waals surface area contributed by atoms with Crippen molar-refractivity contribution in [3.63, 3.8) is 0 Å². The van der Waals surface area contributed by atoms with Gasteiger partial charge in [-0.2, -0.15) is 0 Å². The van der Waals surface area contributed by atoms with Gasteiger partial charge in [0.2, 0.25) is 0 Å². The first-order valence-corrected chi connectivity index (χ1v) is 8.62. The summed E-state index contributed by atoms with van der Waals surface area (Å²) in [6.07, 6.45) is 4.66. The van der Waals surface area contributed by atoms with Crippen LogP contribution in [0.3, 0.4) is 0 Å². The van der Waals surface area contributed by atoms with Crippen molar-refractivity contribution in [3.05, 3.63) is 64.4 Å². The molecule has 0 spiro atoms. The molecule has 0 radical (unpaired) electrons. The first kappa shape index (κ1) is 16.0. The van der Waals surface area contributed by atoms with Gasteiger partial charge in [-0.3, -0.25) is 0 Å². The van der Waals surface area contributed by atoms with Gasteiger partial charge in [0.25, 0.3) is 0 Å². The number of likely N-dealkylation sites (tertiary alicyclic amines) is 1. The van der Waals surface area contributed by atoms with E-state index in [2.05, 4.69) is 20.9 Å². The second kappa shape index (κ2) is 7.59. The Kier molecular flexibility index (Phi) is 5.28. The van der Waals surface area contributed by atoms with Gasteiger partial charge >= 0.3 is 6.09 Å². The minimum atomic E-state index is -0.249. The fourth-order valence-electron chi connectivity index (χ4n) is 2.88. The molecule has 0 bridgehead atoms. The molecule has 4 nitrogen and oxygen atoms in total. The lowest BCUT2D eigenvalue weighted by Crippen LogP contribution is -2.38. The van der Waals surface area contributed by atoms with Crippen LogP contribution < -0.4 is 0 Å². The molecular weight excluding hydrogens is 356 g/mol. The van der Waals surface area contributed by atoms with Crippen LogP contribution in [-0.2, 0) is 11.3 Å². The summed E-state index contributed by atoms with van der Waals surface area (Å²) in [5.41, 5.74) is 2.06. The zero-order chi connectivity index (χ0) is 16.1. The molecule has 1 aliphatic heterocycles. The van der Waals surface area contributed by atoms with E-state index in [9.17, 15) is 4.79 Å². The molecule has 0 N–H and O–H groups in total. The molecule has 5 heteroatoms. The van der Waals surface area contributed by atoms with Gasteiger partial charge in [-0.05, 0) is 52.4 Å². The molecular formula is C18H19BrN2O2. The highest BCUT2D eigenvalue weighted by atomic mass is 79.9. The number of carbonyl (C=O) groups is 1. The summed E-state index contributed by atoms with van der Waals surface area (Å²) in [4.78, 5) is 18.6. The molecule has 0 aliphatic carbocycles. The van der Waals surface area contributed by atoms with E-state index in [0.717, 1.165) is 41.5 Å². The highest BCUT2D eigenvalue weighted by Gasteiger charge is 2.29. The highest BCUT2D eigenvalue weighted by Crippen LogP contribution is 2.31. The summed E-state index contributed by atoms with van der Waals surface area (Å²) < 4.78 is 6.30. The predicted octanol–water partition coefficient (Wildman–Crippen LogP) is 4.71. The Morgan fingerprint density at radius 3 is 2.78 bits per heavy atom. The molecule has 23 heavy (non-hydrogen) atoms. The zero-order valence-corrected chi connectivity index (χ0v) is 14.4. The molecule has 1 fully saturated rings. The maximum Gasteiger partial charge on any atom is 0.410 e. The molecule has 1 saturated heterocycles. The Labute approximate surface area is 144 Å². The number of pyridine rings is 1. The minimum absolute atomic E-state index is 0.0487. The maximum atomic E-state index is 12.5. The van der Waals surface area contributed by atoms with E-state index in [1.165, 1.54) is 0 Å². The Morgan fingerprint density at radius 2 is 2.04 bits per heavy atom. The van der Waals surface area contributed by atoms with Crippen molar-refractivity contribution in [2.24, 2.45) is 0 Å². The first-order valence-electron chi connectivity index (χ1n) is 7.83. The van der Waals surface area contributed by atoms with Crippen LogP contribution in [0.25, 0.3) is 0 Å². The van der Waals surface area contributed by atoms with Gasteiger partial charge in [0.1, 0.15) is 11.2 Å². The fraction of sp³-hybridized carbons (Fsp3) is 0.333. The molecule has 120 valence electrons. The molecule has 1 aliphatic rings. The van der Waals surface area contributed by atoms with Gasteiger partial charge in [-0.25, -0.2) is 9.78 Å². The minimum Gasteiger partial charge on any atom is -0.445 e. The van der Waals surface area contributed by atoms with Gasteiger partial charge in [-0.15, -0.1) is 0 Å². The van der Waals surface area contributed by atoms with E-state index in [1.807, 2.05) is 53.6 Å². The molecule has 1 amide bonds.